The van der Waals surface area contributed by atoms with Crippen molar-refractivity contribution in [2.75, 3.05) is 5.32 Å². The van der Waals surface area contributed by atoms with Gasteiger partial charge in [-0.05, 0) is 26.0 Å². The molecule has 2 aromatic rings. The van der Waals surface area contributed by atoms with Gasteiger partial charge in [-0.2, -0.15) is 18.3 Å². The Morgan fingerprint density at radius 3 is 2.54 bits per heavy atom. The monoisotopic (exact) mass is 342 g/mol. The summed E-state index contributed by atoms with van der Waals surface area (Å²) in [5, 5.41) is 16.8. The van der Waals surface area contributed by atoms with E-state index >= 15 is 0 Å². The molecule has 0 radical (unpaired) electrons. The average molecular weight is 342 g/mol. The number of hydrogen-bond acceptors (Lipinski definition) is 4. The third-order valence-corrected chi connectivity index (χ3v) is 3.45. The fourth-order valence-corrected chi connectivity index (χ4v) is 2.17. The number of halogens is 3. The molecular weight excluding hydrogens is 329 g/mol. The van der Waals surface area contributed by atoms with Gasteiger partial charge in [0.05, 0.1) is 16.2 Å². The van der Waals surface area contributed by atoms with Crippen molar-refractivity contribution in [2.45, 2.75) is 26.1 Å². The number of carbonyl (C=O) groups is 1. The number of aromatic nitrogens is 2. The molecule has 10 heteroatoms. The number of alkyl halides is 3. The molecule has 0 aliphatic heterocycles. The van der Waals surface area contributed by atoms with Crippen molar-refractivity contribution in [3.05, 3.63) is 51.8 Å². The Morgan fingerprint density at radius 1 is 1.38 bits per heavy atom. The molecule has 1 aromatic carbocycles. The van der Waals surface area contributed by atoms with Crippen molar-refractivity contribution in [1.29, 1.82) is 0 Å². The number of amides is 1. The topological polar surface area (TPSA) is 90.1 Å². The number of para-hydroxylation sites is 1. The number of nitro groups is 1. The van der Waals surface area contributed by atoms with Crippen molar-refractivity contribution < 1.29 is 22.9 Å². The zero-order valence-corrected chi connectivity index (χ0v) is 12.7. The van der Waals surface area contributed by atoms with Gasteiger partial charge in [-0.15, -0.1) is 0 Å². The molecular formula is C14H13F3N4O3. The molecule has 0 saturated carbocycles. The standard InChI is InChI=1S/C14H13F3N4O3/c1-8-12(21(23)24)7-18-20(8)9(2)13(22)19-11-6-4-3-5-10(11)14(15,16)17/h3-7,9H,1-2H3,(H,19,22). The zero-order valence-electron chi connectivity index (χ0n) is 12.7. The van der Waals surface area contributed by atoms with Crippen LogP contribution >= 0.6 is 0 Å². The lowest BCUT2D eigenvalue weighted by Crippen LogP contribution is -2.26. The van der Waals surface area contributed by atoms with Gasteiger partial charge in [0.15, 0.2) is 0 Å². The van der Waals surface area contributed by atoms with Crippen molar-refractivity contribution in [3.63, 3.8) is 0 Å². The molecule has 0 saturated heterocycles. The number of rotatable bonds is 4. The number of nitrogens with one attached hydrogen (secondary N) is 1. The maximum absolute atomic E-state index is 12.9. The van der Waals surface area contributed by atoms with Gasteiger partial charge in [-0.25, -0.2) is 0 Å². The first-order valence-corrected chi connectivity index (χ1v) is 6.78. The van der Waals surface area contributed by atoms with Gasteiger partial charge in [-0.3, -0.25) is 19.6 Å². The van der Waals surface area contributed by atoms with Crippen LogP contribution in [-0.4, -0.2) is 20.6 Å². The number of hydrogen-bond donors (Lipinski definition) is 1. The van der Waals surface area contributed by atoms with E-state index in [-0.39, 0.29) is 17.1 Å². The predicted molar refractivity (Wildman–Crippen MR) is 78.4 cm³/mol. The number of anilines is 1. The first kappa shape index (κ1) is 17.4. The van der Waals surface area contributed by atoms with Crippen LogP contribution in [0.15, 0.2) is 30.5 Å². The molecule has 1 atom stereocenters. The molecule has 0 aliphatic carbocycles. The van der Waals surface area contributed by atoms with Gasteiger partial charge in [0, 0.05) is 0 Å². The number of nitrogens with zero attached hydrogens (tertiary/aromatic N) is 3. The SMILES string of the molecule is Cc1c([N+](=O)[O-])cnn1C(C)C(=O)Nc1ccccc1C(F)(F)F. The molecule has 1 aromatic heterocycles. The Morgan fingerprint density at radius 2 is 2.00 bits per heavy atom. The summed E-state index contributed by atoms with van der Waals surface area (Å²) >= 11 is 0. The number of benzene rings is 1. The minimum atomic E-state index is -4.62. The summed E-state index contributed by atoms with van der Waals surface area (Å²) < 4.78 is 39.9. The Hall–Kier alpha value is -2.91. The lowest BCUT2D eigenvalue weighted by atomic mass is 10.1. The van der Waals surface area contributed by atoms with Crippen LogP contribution in [-0.2, 0) is 11.0 Å². The molecule has 128 valence electrons. The van der Waals surface area contributed by atoms with Crippen LogP contribution in [0, 0.1) is 17.0 Å². The molecule has 0 fully saturated rings. The van der Waals surface area contributed by atoms with Crippen LogP contribution < -0.4 is 5.32 Å². The van der Waals surface area contributed by atoms with Crippen LogP contribution in [0.5, 0.6) is 0 Å². The van der Waals surface area contributed by atoms with E-state index in [4.69, 9.17) is 0 Å². The highest BCUT2D eigenvalue weighted by molar-refractivity contribution is 5.94. The van der Waals surface area contributed by atoms with E-state index in [9.17, 15) is 28.1 Å². The lowest BCUT2D eigenvalue weighted by Gasteiger charge is -2.17. The Labute approximate surface area is 134 Å². The molecule has 1 heterocycles. The Kier molecular flexibility index (Phi) is 4.58. The van der Waals surface area contributed by atoms with Crippen molar-refractivity contribution in [1.82, 2.24) is 9.78 Å². The van der Waals surface area contributed by atoms with E-state index in [0.717, 1.165) is 23.0 Å². The van der Waals surface area contributed by atoms with Crippen molar-refractivity contribution in [3.8, 4) is 0 Å². The van der Waals surface area contributed by atoms with Gasteiger partial charge >= 0.3 is 11.9 Å². The molecule has 0 spiro atoms. The van der Waals surface area contributed by atoms with Crippen LogP contribution in [0.3, 0.4) is 0 Å². The van der Waals surface area contributed by atoms with E-state index in [2.05, 4.69) is 10.4 Å². The molecule has 24 heavy (non-hydrogen) atoms. The highest BCUT2D eigenvalue weighted by Crippen LogP contribution is 2.34. The molecule has 7 nitrogen and oxygen atoms in total. The second-order valence-electron chi connectivity index (χ2n) is 5.03. The largest absolute Gasteiger partial charge is 0.418 e. The van der Waals surface area contributed by atoms with E-state index in [1.165, 1.54) is 26.0 Å². The molecule has 1 unspecified atom stereocenters. The summed E-state index contributed by atoms with van der Waals surface area (Å²) in [7, 11) is 0. The van der Waals surface area contributed by atoms with Gasteiger partial charge in [-0.1, -0.05) is 12.1 Å². The van der Waals surface area contributed by atoms with Crippen molar-refractivity contribution in [2.24, 2.45) is 0 Å². The minimum Gasteiger partial charge on any atom is -0.324 e. The second-order valence-corrected chi connectivity index (χ2v) is 5.03. The molecule has 1 N–H and O–H groups in total. The number of carbonyl (C=O) groups excluding carboxylic acids is 1. The minimum absolute atomic E-state index is 0.131. The summed E-state index contributed by atoms with van der Waals surface area (Å²) in [6, 6.07) is 3.53. The first-order chi connectivity index (χ1) is 11.1. The third kappa shape index (κ3) is 3.36. The highest BCUT2D eigenvalue weighted by atomic mass is 19.4. The maximum Gasteiger partial charge on any atom is 0.418 e. The summed E-state index contributed by atoms with van der Waals surface area (Å²) in [6.45, 7) is 2.79. The summed E-state index contributed by atoms with van der Waals surface area (Å²) in [5.41, 5.74) is -1.51. The van der Waals surface area contributed by atoms with Crippen LogP contribution in [0.4, 0.5) is 24.5 Å². The highest BCUT2D eigenvalue weighted by Gasteiger charge is 2.34. The van der Waals surface area contributed by atoms with Crippen LogP contribution in [0.1, 0.15) is 24.2 Å². The van der Waals surface area contributed by atoms with Gasteiger partial charge < -0.3 is 5.32 Å². The fraction of sp³-hybridized carbons (Fsp3) is 0.286. The normalized spacial score (nSPS) is 12.7. The van der Waals surface area contributed by atoms with Gasteiger partial charge in [0.1, 0.15) is 17.9 Å². The van der Waals surface area contributed by atoms with E-state index in [0.29, 0.717) is 0 Å². The Bertz CT molecular complexity index is 786. The zero-order chi connectivity index (χ0) is 18.1. The van der Waals surface area contributed by atoms with E-state index < -0.39 is 28.6 Å². The quantitative estimate of drug-likeness (QED) is 0.682. The van der Waals surface area contributed by atoms with Crippen molar-refractivity contribution >= 4 is 17.3 Å². The molecule has 1 amide bonds. The second kappa shape index (κ2) is 6.30. The molecule has 0 aliphatic rings. The molecule has 2 rings (SSSR count). The summed E-state index contributed by atoms with van der Waals surface area (Å²) in [5.74, 6) is -0.771. The Balaban J connectivity index is 2.27. The van der Waals surface area contributed by atoms with E-state index in [1.807, 2.05) is 0 Å². The molecule has 0 bridgehead atoms. The van der Waals surface area contributed by atoms with Crippen LogP contribution in [0.25, 0.3) is 0 Å². The average Bonchev–Trinajstić information content (AvgIpc) is 2.87. The smallest absolute Gasteiger partial charge is 0.324 e. The van der Waals surface area contributed by atoms with Gasteiger partial charge in [0.2, 0.25) is 5.91 Å². The first-order valence-electron chi connectivity index (χ1n) is 6.78. The summed E-state index contributed by atoms with van der Waals surface area (Å²) in [6.07, 6.45) is -3.63. The van der Waals surface area contributed by atoms with Gasteiger partial charge in [0.25, 0.3) is 0 Å². The maximum atomic E-state index is 12.9. The van der Waals surface area contributed by atoms with Crippen LogP contribution in [0.2, 0.25) is 0 Å². The lowest BCUT2D eigenvalue weighted by molar-refractivity contribution is -0.385. The summed E-state index contributed by atoms with van der Waals surface area (Å²) in [4.78, 5) is 22.4. The third-order valence-electron chi connectivity index (χ3n) is 3.45. The predicted octanol–water partition coefficient (Wildman–Crippen LogP) is 3.32. The van der Waals surface area contributed by atoms with E-state index in [1.54, 1.807) is 0 Å². The fourth-order valence-electron chi connectivity index (χ4n) is 2.17.